The van der Waals surface area contributed by atoms with Gasteiger partial charge in [-0.15, -0.1) is 0 Å². The van der Waals surface area contributed by atoms with Crippen LogP contribution in [0.4, 0.5) is 11.5 Å². The summed E-state index contributed by atoms with van der Waals surface area (Å²) < 4.78 is 0. The van der Waals surface area contributed by atoms with Gasteiger partial charge in [-0.1, -0.05) is 0 Å². The van der Waals surface area contributed by atoms with Crippen molar-refractivity contribution in [2.45, 2.75) is 12.5 Å². The predicted molar refractivity (Wildman–Crippen MR) is 68.6 cm³/mol. The summed E-state index contributed by atoms with van der Waals surface area (Å²) in [5.41, 5.74) is -0.245. The van der Waals surface area contributed by atoms with Gasteiger partial charge in [0.05, 0.1) is 11.3 Å². The van der Waals surface area contributed by atoms with Gasteiger partial charge in [0.1, 0.15) is 0 Å². The van der Waals surface area contributed by atoms with Crippen molar-refractivity contribution in [3.63, 3.8) is 0 Å². The molecule has 18 heavy (non-hydrogen) atoms. The van der Waals surface area contributed by atoms with Gasteiger partial charge in [-0.25, -0.2) is 0 Å². The first-order chi connectivity index (χ1) is 8.30. The van der Waals surface area contributed by atoms with Crippen LogP contribution in [0.1, 0.15) is 6.92 Å². The number of aliphatic hydroxyl groups is 1. The number of pyridine rings is 1. The molecule has 0 aliphatic carbocycles. The second kappa shape index (κ2) is 5.74. The number of hydrogen-bond acceptors (Lipinski definition) is 6. The van der Waals surface area contributed by atoms with Crippen LogP contribution in [0, 0.1) is 10.1 Å². The Bertz CT molecular complexity index is 403. The molecular formula is C11H18N4O3. The summed E-state index contributed by atoms with van der Waals surface area (Å²) in [6.45, 7) is 2.57. The van der Waals surface area contributed by atoms with E-state index in [2.05, 4.69) is 10.3 Å². The third-order valence-electron chi connectivity index (χ3n) is 2.27. The van der Waals surface area contributed by atoms with Crippen LogP contribution < -0.4 is 5.32 Å². The lowest BCUT2D eigenvalue weighted by Crippen LogP contribution is -2.43. The van der Waals surface area contributed by atoms with Crippen LogP contribution in [-0.4, -0.2) is 52.7 Å². The molecule has 0 radical (unpaired) electrons. The third kappa shape index (κ3) is 4.64. The fourth-order valence-corrected chi connectivity index (χ4v) is 1.63. The molecule has 1 atom stereocenters. The van der Waals surface area contributed by atoms with Crippen molar-refractivity contribution in [2.75, 3.05) is 32.5 Å². The summed E-state index contributed by atoms with van der Waals surface area (Å²) in [5.74, 6) is -0.194. The smallest absolute Gasteiger partial charge is 0.363 e. The summed E-state index contributed by atoms with van der Waals surface area (Å²) in [5, 5.41) is 23.5. The Kier molecular flexibility index (Phi) is 4.57. The molecule has 0 amide bonds. The van der Waals surface area contributed by atoms with E-state index in [4.69, 9.17) is 0 Å². The molecule has 1 aromatic heterocycles. The first-order valence-electron chi connectivity index (χ1n) is 5.51. The Morgan fingerprint density at radius 2 is 2.22 bits per heavy atom. The van der Waals surface area contributed by atoms with Crippen LogP contribution in [0.3, 0.4) is 0 Å². The topological polar surface area (TPSA) is 91.5 Å². The molecule has 0 spiro atoms. The minimum atomic E-state index is -0.884. The highest BCUT2D eigenvalue weighted by molar-refractivity contribution is 5.43. The number of nitrogens with zero attached hydrogens (tertiary/aromatic N) is 3. The average molecular weight is 254 g/mol. The monoisotopic (exact) mass is 254 g/mol. The number of aromatic nitrogens is 1. The third-order valence-corrected chi connectivity index (χ3v) is 2.27. The number of nitrogens with one attached hydrogen (secondary N) is 1. The Balaban J connectivity index is 2.55. The lowest BCUT2D eigenvalue weighted by Gasteiger charge is -2.27. The van der Waals surface area contributed by atoms with Gasteiger partial charge in [0.2, 0.25) is 0 Å². The molecule has 1 rings (SSSR count). The van der Waals surface area contributed by atoms with Gasteiger partial charge in [0.15, 0.2) is 6.20 Å². The van der Waals surface area contributed by atoms with Crippen molar-refractivity contribution < 1.29 is 10.0 Å². The minimum Gasteiger partial charge on any atom is -0.387 e. The van der Waals surface area contributed by atoms with Gasteiger partial charge >= 0.3 is 5.82 Å². The quantitative estimate of drug-likeness (QED) is 0.574. The molecule has 0 aromatic carbocycles. The van der Waals surface area contributed by atoms with Crippen LogP contribution in [0.2, 0.25) is 0 Å². The SMILES string of the molecule is CN(C)CC(C)(O)CNc1ccc([N+](=O)[O-])nc1. The lowest BCUT2D eigenvalue weighted by atomic mass is 10.1. The normalized spacial score (nSPS) is 14.3. The standard InChI is InChI=1S/C11H18N4O3/c1-11(16,8-14(2)3)7-13-9-4-5-10(12-6-9)15(17)18/h4-6,13,16H,7-8H2,1-3H3. The summed E-state index contributed by atoms with van der Waals surface area (Å²) in [6, 6.07) is 2.89. The number of hydrogen-bond donors (Lipinski definition) is 2. The van der Waals surface area contributed by atoms with Crippen molar-refractivity contribution >= 4 is 11.5 Å². The molecule has 1 heterocycles. The maximum Gasteiger partial charge on any atom is 0.363 e. The van der Waals surface area contributed by atoms with Crippen molar-refractivity contribution in [1.29, 1.82) is 0 Å². The molecule has 1 aromatic rings. The van der Waals surface area contributed by atoms with Crippen molar-refractivity contribution in [3.8, 4) is 0 Å². The van der Waals surface area contributed by atoms with E-state index in [1.54, 1.807) is 13.0 Å². The molecular weight excluding hydrogens is 236 g/mol. The van der Waals surface area contributed by atoms with E-state index in [-0.39, 0.29) is 5.82 Å². The second-order valence-corrected chi connectivity index (χ2v) is 4.75. The van der Waals surface area contributed by atoms with Gasteiger partial charge in [-0.3, -0.25) is 0 Å². The Morgan fingerprint density at radius 3 is 2.67 bits per heavy atom. The first-order valence-corrected chi connectivity index (χ1v) is 5.51. The summed E-state index contributed by atoms with van der Waals surface area (Å²) in [4.78, 5) is 15.4. The number of nitro groups is 1. The van der Waals surface area contributed by atoms with E-state index < -0.39 is 10.5 Å². The maximum absolute atomic E-state index is 10.4. The van der Waals surface area contributed by atoms with Crippen molar-refractivity contribution in [3.05, 3.63) is 28.4 Å². The molecule has 2 N–H and O–H groups in total. The lowest BCUT2D eigenvalue weighted by molar-refractivity contribution is -0.389. The van der Waals surface area contributed by atoms with Crippen molar-refractivity contribution in [1.82, 2.24) is 9.88 Å². The molecule has 0 aliphatic rings. The summed E-state index contributed by atoms with van der Waals surface area (Å²) >= 11 is 0. The van der Waals surface area contributed by atoms with E-state index in [9.17, 15) is 15.2 Å². The molecule has 0 fully saturated rings. The number of rotatable bonds is 6. The predicted octanol–water partition coefficient (Wildman–Crippen LogP) is 0.714. The molecule has 7 heteroatoms. The molecule has 0 saturated heterocycles. The molecule has 7 nitrogen and oxygen atoms in total. The van der Waals surface area contributed by atoms with Crippen LogP contribution in [0.15, 0.2) is 18.3 Å². The van der Waals surface area contributed by atoms with E-state index in [1.807, 2.05) is 19.0 Å². The van der Waals surface area contributed by atoms with Crippen molar-refractivity contribution in [2.24, 2.45) is 0 Å². The molecule has 0 saturated carbocycles. The number of anilines is 1. The Hall–Kier alpha value is -1.73. The van der Waals surface area contributed by atoms with E-state index in [0.717, 1.165) is 0 Å². The highest BCUT2D eigenvalue weighted by Crippen LogP contribution is 2.13. The average Bonchev–Trinajstić information content (AvgIpc) is 2.25. The Labute approximate surface area is 106 Å². The van der Waals surface area contributed by atoms with Gasteiger partial charge in [0.25, 0.3) is 0 Å². The van der Waals surface area contributed by atoms with Crippen LogP contribution in [0.5, 0.6) is 0 Å². The molecule has 0 aliphatic heterocycles. The molecule has 1 unspecified atom stereocenters. The molecule has 100 valence electrons. The maximum atomic E-state index is 10.4. The van der Waals surface area contributed by atoms with Gasteiger partial charge < -0.3 is 25.4 Å². The summed E-state index contributed by atoms with van der Waals surface area (Å²) in [6.07, 6.45) is 1.38. The van der Waals surface area contributed by atoms with E-state index in [0.29, 0.717) is 18.8 Å². The fraction of sp³-hybridized carbons (Fsp3) is 0.545. The second-order valence-electron chi connectivity index (χ2n) is 4.75. The zero-order valence-corrected chi connectivity index (χ0v) is 10.8. The fourth-order valence-electron chi connectivity index (χ4n) is 1.63. The Morgan fingerprint density at radius 1 is 1.56 bits per heavy atom. The van der Waals surface area contributed by atoms with Crippen LogP contribution in [0.25, 0.3) is 0 Å². The van der Waals surface area contributed by atoms with Gasteiger partial charge in [-0.2, -0.15) is 0 Å². The highest BCUT2D eigenvalue weighted by Gasteiger charge is 2.21. The van der Waals surface area contributed by atoms with E-state index in [1.165, 1.54) is 12.3 Å². The van der Waals surface area contributed by atoms with Gasteiger partial charge in [0, 0.05) is 19.2 Å². The van der Waals surface area contributed by atoms with Crippen LogP contribution >= 0.6 is 0 Å². The highest BCUT2D eigenvalue weighted by atomic mass is 16.6. The first kappa shape index (κ1) is 14.3. The number of likely N-dealkylation sites (N-methyl/N-ethyl adjacent to an activating group) is 1. The van der Waals surface area contributed by atoms with Gasteiger partial charge in [-0.05, 0) is 37.0 Å². The largest absolute Gasteiger partial charge is 0.387 e. The molecule has 0 bridgehead atoms. The minimum absolute atomic E-state index is 0.194. The zero-order valence-electron chi connectivity index (χ0n) is 10.8. The zero-order chi connectivity index (χ0) is 13.8. The van der Waals surface area contributed by atoms with E-state index >= 15 is 0 Å². The summed E-state index contributed by atoms with van der Waals surface area (Å²) in [7, 11) is 3.75. The van der Waals surface area contributed by atoms with Crippen LogP contribution in [-0.2, 0) is 0 Å².